The van der Waals surface area contributed by atoms with E-state index < -0.39 is 18.0 Å². The van der Waals surface area contributed by atoms with Crippen LogP contribution in [0.15, 0.2) is 24.3 Å². The summed E-state index contributed by atoms with van der Waals surface area (Å²) in [5.74, 6) is -1.40. The number of halogens is 4. The lowest BCUT2D eigenvalue weighted by molar-refractivity contribution is -0.274. The second-order valence-electron chi connectivity index (χ2n) is 5.75. The van der Waals surface area contributed by atoms with E-state index >= 15 is 0 Å². The van der Waals surface area contributed by atoms with Crippen molar-refractivity contribution in [3.8, 4) is 5.75 Å². The molecule has 26 heavy (non-hydrogen) atoms. The lowest BCUT2D eigenvalue weighted by atomic mass is 9.96. The fourth-order valence-electron chi connectivity index (χ4n) is 2.72. The number of piperidine rings is 1. The first kappa shape index (κ1) is 22.0. The molecule has 0 radical (unpaired) electrons. The van der Waals surface area contributed by atoms with Crippen LogP contribution in [0.5, 0.6) is 5.75 Å². The first-order valence-electron chi connectivity index (χ1n) is 7.93. The summed E-state index contributed by atoms with van der Waals surface area (Å²) in [6.07, 6.45) is -3.53. The average Bonchev–Trinajstić information content (AvgIpc) is 2.58. The van der Waals surface area contributed by atoms with Crippen molar-refractivity contribution in [3.05, 3.63) is 29.8 Å². The lowest BCUT2D eigenvalue weighted by Gasteiger charge is -2.32. The van der Waals surface area contributed by atoms with E-state index in [4.69, 9.17) is 5.73 Å². The van der Waals surface area contributed by atoms with Gasteiger partial charge in [-0.05, 0) is 31.0 Å². The molecule has 0 bridgehead atoms. The number of nitrogens with zero attached hydrogens (tertiary/aromatic N) is 1. The molecule has 1 aromatic carbocycles. The van der Waals surface area contributed by atoms with E-state index in [2.05, 4.69) is 10.1 Å². The number of carbonyl (C=O) groups is 2. The van der Waals surface area contributed by atoms with Gasteiger partial charge in [-0.15, -0.1) is 25.6 Å². The number of nitrogens with two attached hydrogens (primary N) is 1. The zero-order chi connectivity index (χ0) is 18.4. The van der Waals surface area contributed by atoms with E-state index in [9.17, 15) is 22.8 Å². The second kappa shape index (κ2) is 9.63. The third-order valence-electron chi connectivity index (χ3n) is 3.84. The number of likely N-dealkylation sites (tertiary alicyclic amines) is 1. The highest BCUT2D eigenvalue weighted by atomic mass is 35.5. The molecule has 6 nitrogen and oxygen atoms in total. The Bertz CT molecular complexity index is 628. The van der Waals surface area contributed by atoms with Gasteiger partial charge in [0.05, 0.1) is 5.92 Å². The summed E-state index contributed by atoms with van der Waals surface area (Å²) in [7, 11) is 0. The number of amides is 2. The Balaban J connectivity index is 0.00000338. The third-order valence-corrected chi connectivity index (χ3v) is 3.84. The highest BCUT2D eigenvalue weighted by molar-refractivity contribution is 5.95. The van der Waals surface area contributed by atoms with Crippen molar-refractivity contribution in [2.45, 2.75) is 19.2 Å². The van der Waals surface area contributed by atoms with Crippen LogP contribution in [0.25, 0.3) is 0 Å². The molecule has 2 rings (SSSR count). The minimum absolute atomic E-state index is 0. The monoisotopic (exact) mass is 395 g/mol. The van der Waals surface area contributed by atoms with Gasteiger partial charge in [-0.1, -0.05) is 6.07 Å². The van der Waals surface area contributed by atoms with Crippen LogP contribution in [0.1, 0.15) is 23.2 Å². The molecule has 1 saturated heterocycles. The highest BCUT2D eigenvalue weighted by Crippen LogP contribution is 2.25. The van der Waals surface area contributed by atoms with Crippen molar-refractivity contribution in [3.63, 3.8) is 0 Å². The van der Waals surface area contributed by atoms with E-state index in [1.807, 2.05) is 0 Å². The number of ether oxygens (including phenoxy) is 1. The van der Waals surface area contributed by atoms with E-state index in [1.165, 1.54) is 17.0 Å². The van der Waals surface area contributed by atoms with Crippen molar-refractivity contribution >= 4 is 24.2 Å². The van der Waals surface area contributed by atoms with E-state index in [0.29, 0.717) is 32.5 Å². The largest absolute Gasteiger partial charge is 0.573 e. The van der Waals surface area contributed by atoms with Crippen molar-refractivity contribution in [1.82, 2.24) is 10.2 Å². The molecule has 1 heterocycles. The van der Waals surface area contributed by atoms with Crippen LogP contribution < -0.4 is 15.8 Å². The smallest absolute Gasteiger partial charge is 0.406 e. The molecule has 1 aromatic rings. The molecule has 0 saturated carbocycles. The normalized spacial score (nSPS) is 17.2. The maximum atomic E-state index is 12.5. The van der Waals surface area contributed by atoms with E-state index in [1.54, 1.807) is 0 Å². The molecule has 10 heteroatoms. The fraction of sp³-hybridized carbons (Fsp3) is 0.500. The summed E-state index contributed by atoms with van der Waals surface area (Å²) in [6, 6.07) is 4.92. The topological polar surface area (TPSA) is 84.7 Å². The van der Waals surface area contributed by atoms with Crippen molar-refractivity contribution in [1.29, 1.82) is 0 Å². The molecule has 2 amide bonds. The second-order valence-corrected chi connectivity index (χ2v) is 5.75. The molecule has 1 unspecified atom stereocenters. The minimum Gasteiger partial charge on any atom is -0.406 e. The molecule has 1 atom stereocenters. The first-order chi connectivity index (χ1) is 11.8. The Labute approximate surface area is 155 Å². The van der Waals surface area contributed by atoms with Gasteiger partial charge >= 0.3 is 6.36 Å². The molecule has 1 aliphatic heterocycles. The molecular formula is C16H21ClF3N3O3. The van der Waals surface area contributed by atoms with Crippen molar-refractivity contribution < 1.29 is 27.5 Å². The quantitative estimate of drug-likeness (QED) is 0.798. The number of carbonyl (C=O) groups excluding carboxylic acids is 2. The predicted octanol–water partition coefficient (Wildman–Crippen LogP) is 1.93. The summed E-state index contributed by atoms with van der Waals surface area (Å²) in [6.45, 7) is 1.36. The summed E-state index contributed by atoms with van der Waals surface area (Å²) in [4.78, 5) is 26.0. The maximum absolute atomic E-state index is 12.5. The lowest BCUT2D eigenvalue weighted by Crippen LogP contribution is -2.46. The standard InChI is InChI=1S/C16H20F3N3O3.ClH/c17-16(18,19)25-13-5-1-3-11(9-13)15(24)22-8-2-4-12(10-22)14(23)21-7-6-20;/h1,3,5,9,12H,2,4,6-8,10,20H2,(H,21,23);1H. The number of alkyl halides is 3. The Morgan fingerprint density at radius 2 is 2.08 bits per heavy atom. The minimum atomic E-state index is -4.82. The van der Waals surface area contributed by atoms with Crippen LogP contribution in [0, 0.1) is 5.92 Å². The maximum Gasteiger partial charge on any atom is 0.573 e. The van der Waals surface area contributed by atoms with Gasteiger partial charge in [0.1, 0.15) is 5.75 Å². The third kappa shape index (κ3) is 6.38. The molecular weight excluding hydrogens is 375 g/mol. The predicted molar refractivity (Wildman–Crippen MR) is 91.1 cm³/mol. The van der Waals surface area contributed by atoms with Crippen LogP contribution in [-0.4, -0.2) is 49.3 Å². The van der Waals surface area contributed by atoms with Gasteiger partial charge in [0.15, 0.2) is 0 Å². The number of hydrogen-bond donors (Lipinski definition) is 2. The Morgan fingerprint density at radius 3 is 2.73 bits per heavy atom. The van der Waals surface area contributed by atoms with Crippen molar-refractivity contribution in [2.75, 3.05) is 26.2 Å². The molecule has 0 aliphatic carbocycles. The Hall–Kier alpha value is -2.00. The van der Waals surface area contributed by atoms with Gasteiger partial charge in [-0.3, -0.25) is 9.59 Å². The van der Waals surface area contributed by atoms with Crippen molar-refractivity contribution in [2.24, 2.45) is 11.7 Å². The summed E-state index contributed by atoms with van der Waals surface area (Å²) in [5.41, 5.74) is 5.43. The number of rotatable bonds is 5. The van der Waals surface area contributed by atoms with Crippen LogP contribution >= 0.6 is 12.4 Å². The number of benzene rings is 1. The Morgan fingerprint density at radius 1 is 1.35 bits per heavy atom. The number of nitrogens with one attached hydrogen (secondary N) is 1. The first-order valence-corrected chi connectivity index (χ1v) is 7.93. The van der Waals surface area contributed by atoms with Crippen LogP contribution in [0.2, 0.25) is 0 Å². The van der Waals surface area contributed by atoms with Gasteiger partial charge in [0.2, 0.25) is 5.91 Å². The molecule has 1 aliphatic rings. The van der Waals surface area contributed by atoms with Gasteiger partial charge in [-0.25, -0.2) is 0 Å². The molecule has 0 spiro atoms. The molecule has 0 aromatic heterocycles. The number of hydrogen-bond acceptors (Lipinski definition) is 4. The molecule has 3 N–H and O–H groups in total. The average molecular weight is 396 g/mol. The Kier molecular flexibility index (Phi) is 8.16. The van der Waals surface area contributed by atoms with Gasteiger partial charge in [0.25, 0.3) is 5.91 Å². The van der Waals surface area contributed by atoms with Gasteiger partial charge < -0.3 is 20.7 Å². The van der Waals surface area contributed by atoms with Crippen LogP contribution in [-0.2, 0) is 4.79 Å². The van der Waals surface area contributed by atoms with E-state index in [0.717, 1.165) is 12.1 Å². The zero-order valence-corrected chi connectivity index (χ0v) is 14.7. The summed E-state index contributed by atoms with van der Waals surface area (Å²) >= 11 is 0. The molecule has 1 fully saturated rings. The van der Waals surface area contributed by atoms with E-state index in [-0.39, 0.29) is 36.3 Å². The van der Waals surface area contributed by atoms with Crippen LogP contribution in [0.3, 0.4) is 0 Å². The zero-order valence-electron chi connectivity index (χ0n) is 13.9. The van der Waals surface area contributed by atoms with Crippen LogP contribution in [0.4, 0.5) is 13.2 Å². The molecule has 146 valence electrons. The highest BCUT2D eigenvalue weighted by Gasteiger charge is 2.32. The van der Waals surface area contributed by atoms with Gasteiger partial charge in [-0.2, -0.15) is 0 Å². The summed E-state index contributed by atoms with van der Waals surface area (Å²) < 4.78 is 40.7. The summed E-state index contributed by atoms with van der Waals surface area (Å²) in [5, 5.41) is 2.69. The SMILES string of the molecule is Cl.NCCNC(=O)C1CCCN(C(=O)c2cccc(OC(F)(F)F)c2)C1. The fourth-order valence-corrected chi connectivity index (χ4v) is 2.72. The van der Waals surface area contributed by atoms with Gasteiger partial charge in [0, 0.05) is 31.7 Å².